The lowest BCUT2D eigenvalue weighted by Crippen LogP contribution is -2.30. The van der Waals surface area contributed by atoms with Gasteiger partial charge in [-0.3, -0.25) is 4.79 Å². The second kappa shape index (κ2) is 7.30. The van der Waals surface area contributed by atoms with Crippen LogP contribution in [0.3, 0.4) is 0 Å². The van der Waals surface area contributed by atoms with Crippen molar-refractivity contribution in [1.82, 2.24) is 5.32 Å². The van der Waals surface area contributed by atoms with Gasteiger partial charge >= 0.3 is 0 Å². The molecule has 1 unspecified atom stereocenters. The molecule has 0 aromatic heterocycles. The molecule has 1 rings (SSSR count). The largest absolute Gasteiger partial charge is 0.392 e. The minimum atomic E-state index is -0.481. The van der Waals surface area contributed by atoms with Crippen LogP contribution in [0.5, 0.6) is 0 Å². The Morgan fingerprint density at radius 1 is 1.44 bits per heavy atom. The standard InChI is InChI=1S/C12H17NO2S/c1-10(14)9-13-12(15)7-8-16-11-5-3-2-4-6-11/h2-6,10,14H,7-9H2,1H3,(H,13,15). The van der Waals surface area contributed by atoms with Gasteiger partial charge < -0.3 is 10.4 Å². The summed E-state index contributed by atoms with van der Waals surface area (Å²) in [6.07, 6.45) is -0.00236. The Bertz CT molecular complexity index is 314. The molecule has 1 amide bonds. The molecule has 2 N–H and O–H groups in total. The molecule has 3 nitrogen and oxygen atoms in total. The molecule has 0 radical (unpaired) electrons. The Hall–Kier alpha value is -1.00. The molecule has 1 aromatic rings. The van der Waals surface area contributed by atoms with Gasteiger partial charge in [-0.1, -0.05) is 18.2 Å². The van der Waals surface area contributed by atoms with Gasteiger partial charge in [0.05, 0.1) is 6.10 Å². The van der Waals surface area contributed by atoms with E-state index >= 15 is 0 Å². The van der Waals surface area contributed by atoms with Crippen molar-refractivity contribution in [3.63, 3.8) is 0 Å². The molecule has 0 bridgehead atoms. The smallest absolute Gasteiger partial charge is 0.220 e. The Kier molecular flexibility index (Phi) is 5.96. The maximum atomic E-state index is 11.3. The number of thioether (sulfide) groups is 1. The van der Waals surface area contributed by atoms with E-state index in [0.29, 0.717) is 13.0 Å². The molecule has 0 aliphatic carbocycles. The Labute approximate surface area is 100 Å². The number of benzene rings is 1. The first-order valence-corrected chi connectivity index (χ1v) is 6.29. The second-order valence-corrected chi connectivity index (χ2v) is 4.73. The summed E-state index contributed by atoms with van der Waals surface area (Å²) in [5.74, 6) is 0.750. The van der Waals surface area contributed by atoms with E-state index in [1.54, 1.807) is 18.7 Å². The van der Waals surface area contributed by atoms with Crippen molar-refractivity contribution >= 4 is 17.7 Å². The van der Waals surface area contributed by atoms with Gasteiger partial charge in [0, 0.05) is 23.6 Å². The molecule has 0 aliphatic rings. The molecule has 1 aromatic carbocycles. The van der Waals surface area contributed by atoms with E-state index in [1.807, 2.05) is 30.3 Å². The van der Waals surface area contributed by atoms with Crippen LogP contribution in [0.25, 0.3) is 0 Å². The molecule has 88 valence electrons. The fourth-order valence-electron chi connectivity index (χ4n) is 1.13. The number of hydrogen-bond donors (Lipinski definition) is 2. The molecule has 0 aliphatic heterocycles. The van der Waals surface area contributed by atoms with Gasteiger partial charge in [-0.25, -0.2) is 0 Å². The molecule has 0 saturated carbocycles. The van der Waals surface area contributed by atoms with Crippen LogP contribution in [0.2, 0.25) is 0 Å². The van der Waals surface area contributed by atoms with Crippen molar-refractivity contribution in [3.05, 3.63) is 30.3 Å². The molecule has 1 atom stereocenters. The van der Waals surface area contributed by atoms with Gasteiger partial charge in [0.15, 0.2) is 0 Å². The predicted molar refractivity (Wildman–Crippen MR) is 66.5 cm³/mol. The summed E-state index contributed by atoms with van der Waals surface area (Å²) in [5, 5.41) is 11.7. The SMILES string of the molecule is CC(O)CNC(=O)CCSc1ccccc1. The zero-order valence-electron chi connectivity index (χ0n) is 9.35. The zero-order chi connectivity index (χ0) is 11.8. The maximum Gasteiger partial charge on any atom is 0.220 e. The quantitative estimate of drug-likeness (QED) is 0.742. The van der Waals surface area contributed by atoms with Crippen LogP contribution >= 0.6 is 11.8 Å². The zero-order valence-corrected chi connectivity index (χ0v) is 10.2. The lowest BCUT2D eigenvalue weighted by atomic mass is 10.4. The number of carbonyl (C=O) groups is 1. The fraction of sp³-hybridized carbons (Fsp3) is 0.417. The summed E-state index contributed by atoms with van der Waals surface area (Å²) < 4.78 is 0. The van der Waals surface area contributed by atoms with E-state index < -0.39 is 6.10 Å². The third-order valence-electron chi connectivity index (χ3n) is 1.94. The lowest BCUT2D eigenvalue weighted by Gasteiger charge is -2.06. The number of aliphatic hydroxyl groups excluding tert-OH is 1. The molecule has 16 heavy (non-hydrogen) atoms. The van der Waals surface area contributed by atoms with Crippen LogP contribution in [0.15, 0.2) is 35.2 Å². The topological polar surface area (TPSA) is 49.3 Å². The van der Waals surface area contributed by atoms with E-state index in [2.05, 4.69) is 5.32 Å². The average molecular weight is 239 g/mol. The third-order valence-corrected chi connectivity index (χ3v) is 2.95. The van der Waals surface area contributed by atoms with Gasteiger partial charge in [0.25, 0.3) is 0 Å². The lowest BCUT2D eigenvalue weighted by molar-refractivity contribution is -0.121. The van der Waals surface area contributed by atoms with Crippen LogP contribution in [0, 0.1) is 0 Å². The number of rotatable bonds is 6. The first-order valence-electron chi connectivity index (χ1n) is 5.31. The first-order chi connectivity index (χ1) is 7.68. The predicted octanol–water partition coefficient (Wildman–Crippen LogP) is 1.67. The highest BCUT2D eigenvalue weighted by Gasteiger charge is 2.02. The van der Waals surface area contributed by atoms with Crippen molar-refractivity contribution in [2.45, 2.75) is 24.3 Å². The first kappa shape index (κ1) is 13.1. The summed E-state index contributed by atoms with van der Waals surface area (Å²) in [6.45, 7) is 1.98. The fourth-order valence-corrected chi connectivity index (χ4v) is 2.00. The summed E-state index contributed by atoms with van der Waals surface area (Å²) in [5.41, 5.74) is 0. The van der Waals surface area contributed by atoms with Gasteiger partial charge in [0.1, 0.15) is 0 Å². The van der Waals surface area contributed by atoms with Crippen molar-refractivity contribution in [2.75, 3.05) is 12.3 Å². The second-order valence-electron chi connectivity index (χ2n) is 3.56. The van der Waals surface area contributed by atoms with E-state index in [9.17, 15) is 4.79 Å². The molecular weight excluding hydrogens is 222 g/mol. The van der Waals surface area contributed by atoms with E-state index in [0.717, 1.165) is 5.75 Å². The summed E-state index contributed by atoms with van der Waals surface area (Å²) in [4.78, 5) is 12.5. The van der Waals surface area contributed by atoms with E-state index in [4.69, 9.17) is 5.11 Å². The van der Waals surface area contributed by atoms with Crippen LogP contribution in [0.4, 0.5) is 0 Å². The number of aliphatic hydroxyl groups is 1. The minimum Gasteiger partial charge on any atom is -0.392 e. The summed E-state index contributed by atoms with van der Waals surface area (Å²) in [7, 11) is 0. The van der Waals surface area contributed by atoms with Crippen LogP contribution in [0.1, 0.15) is 13.3 Å². The highest BCUT2D eigenvalue weighted by Crippen LogP contribution is 2.17. The normalized spacial score (nSPS) is 12.1. The van der Waals surface area contributed by atoms with Crippen LogP contribution < -0.4 is 5.32 Å². The Morgan fingerprint density at radius 2 is 2.12 bits per heavy atom. The summed E-state index contributed by atoms with van der Waals surface area (Å²) >= 11 is 1.66. The molecular formula is C12H17NO2S. The highest BCUT2D eigenvalue weighted by atomic mass is 32.2. The molecule has 0 saturated heterocycles. The van der Waals surface area contributed by atoms with Crippen LogP contribution in [-0.2, 0) is 4.79 Å². The number of amides is 1. The van der Waals surface area contributed by atoms with Crippen molar-refractivity contribution in [3.8, 4) is 0 Å². The monoisotopic (exact) mass is 239 g/mol. The number of nitrogens with one attached hydrogen (secondary N) is 1. The van der Waals surface area contributed by atoms with Crippen molar-refractivity contribution < 1.29 is 9.90 Å². The molecule has 0 heterocycles. The molecule has 0 spiro atoms. The highest BCUT2D eigenvalue weighted by molar-refractivity contribution is 7.99. The Balaban J connectivity index is 2.13. The average Bonchev–Trinajstić information content (AvgIpc) is 2.28. The van der Waals surface area contributed by atoms with Crippen LogP contribution in [-0.4, -0.2) is 29.4 Å². The van der Waals surface area contributed by atoms with E-state index in [1.165, 1.54) is 4.90 Å². The van der Waals surface area contributed by atoms with E-state index in [-0.39, 0.29) is 5.91 Å². The van der Waals surface area contributed by atoms with Crippen molar-refractivity contribution in [2.24, 2.45) is 0 Å². The van der Waals surface area contributed by atoms with Gasteiger partial charge in [-0.2, -0.15) is 0 Å². The van der Waals surface area contributed by atoms with Crippen molar-refractivity contribution in [1.29, 1.82) is 0 Å². The summed E-state index contributed by atoms with van der Waals surface area (Å²) in [6, 6.07) is 9.99. The molecule has 4 heteroatoms. The van der Waals surface area contributed by atoms with Gasteiger partial charge in [-0.05, 0) is 19.1 Å². The third kappa shape index (κ3) is 5.78. The Morgan fingerprint density at radius 3 is 2.75 bits per heavy atom. The van der Waals surface area contributed by atoms with Gasteiger partial charge in [-0.15, -0.1) is 11.8 Å². The number of carbonyl (C=O) groups excluding carboxylic acids is 1. The minimum absolute atomic E-state index is 0.00988. The number of hydrogen-bond acceptors (Lipinski definition) is 3. The maximum absolute atomic E-state index is 11.3. The van der Waals surface area contributed by atoms with Gasteiger partial charge in [0.2, 0.25) is 5.91 Å². The molecule has 0 fully saturated rings.